The number of carbonyl (C=O) groups excluding carboxylic acids is 5. The van der Waals surface area contributed by atoms with Crippen LogP contribution in [0.15, 0.2) is 0 Å². The fourth-order valence-electron chi connectivity index (χ4n) is 11.8. The Morgan fingerprint density at radius 2 is 1.25 bits per heavy atom. The highest BCUT2D eigenvalue weighted by Gasteiger charge is 2.73. The largest absolute Gasteiger partial charge is 0.468 e. The first-order chi connectivity index (χ1) is 26.5. The lowest BCUT2D eigenvalue weighted by Gasteiger charge is -2.54. The van der Waals surface area contributed by atoms with Crippen LogP contribution in [0.2, 0.25) is 0 Å². The molecule has 17 unspecified atom stereocenters. The number of carbonyl (C=O) groups is 5. The van der Waals surface area contributed by atoms with E-state index in [-0.39, 0.29) is 43.5 Å². The molecule has 4 aliphatic carbocycles. The fourth-order valence-corrected chi connectivity index (χ4v) is 11.8. The molecule has 2 saturated heterocycles. The second kappa shape index (κ2) is 15.1. The molecule has 6 aliphatic rings. The molecule has 0 spiro atoms. The monoisotopic (exact) mass is 826 g/mol. The number of methoxy groups -OCH3 is 2. The summed E-state index contributed by atoms with van der Waals surface area (Å²) in [5, 5.41) is 0. The Labute approximate surface area is 326 Å². The maximum atomic E-state index is 16.2. The Morgan fingerprint density at radius 3 is 1.79 bits per heavy atom. The summed E-state index contributed by atoms with van der Waals surface area (Å²) in [6, 6.07) is 0. The summed E-state index contributed by atoms with van der Waals surface area (Å²) in [4.78, 5) is 63.0. The van der Waals surface area contributed by atoms with E-state index in [4.69, 9.17) is 28.4 Å². The Balaban J connectivity index is 1.40. The third kappa shape index (κ3) is 7.19. The Bertz CT molecular complexity index is 1560. The maximum absolute atomic E-state index is 16.2. The SMILES string of the molecule is COC(=O)C(C)(CC1OC2C(CC1C(CC1OC3C(CC1C)C1CC3C(OC=O)C1OC=O)(C(=O)OC)C(F)(F)F)C1CC(C(=O)OC(C)(C)C)C2C1)C(F)(F)F. The molecule has 322 valence electrons. The summed E-state index contributed by atoms with van der Waals surface area (Å²) >= 11 is 0. The van der Waals surface area contributed by atoms with Gasteiger partial charge in [-0.25, -0.2) is 0 Å². The van der Waals surface area contributed by atoms with Gasteiger partial charge in [-0.05, 0) is 102 Å². The predicted octanol–water partition coefficient (Wildman–Crippen LogP) is 5.76. The van der Waals surface area contributed by atoms with Gasteiger partial charge in [0.25, 0.3) is 12.9 Å². The summed E-state index contributed by atoms with van der Waals surface area (Å²) in [6.07, 6.45) is -18.9. The van der Waals surface area contributed by atoms with Crippen LogP contribution in [0, 0.1) is 64.1 Å². The number of alkyl halides is 6. The molecule has 0 aromatic carbocycles. The maximum Gasteiger partial charge on any atom is 0.405 e. The Morgan fingerprint density at radius 1 is 0.667 bits per heavy atom. The number of rotatable bonds is 12. The van der Waals surface area contributed by atoms with E-state index in [0.29, 0.717) is 19.8 Å². The molecule has 2 heterocycles. The number of hydrogen-bond donors (Lipinski definition) is 0. The van der Waals surface area contributed by atoms with Crippen molar-refractivity contribution in [2.45, 2.75) is 134 Å². The molecule has 4 bridgehead atoms. The van der Waals surface area contributed by atoms with Gasteiger partial charge in [-0.2, -0.15) is 26.3 Å². The highest BCUT2D eigenvalue weighted by molar-refractivity contribution is 5.79. The molecule has 17 atom stereocenters. The van der Waals surface area contributed by atoms with E-state index in [1.165, 1.54) is 0 Å². The van der Waals surface area contributed by atoms with Crippen LogP contribution in [0.1, 0.15) is 79.6 Å². The quantitative estimate of drug-likeness (QED) is 0.102. The minimum absolute atomic E-state index is 0.196. The van der Waals surface area contributed by atoms with Crippen LogP contribution in [-0.2, 0) is 57.1 Å². The van der Waals surface area contributed by atoms with Crippen molar-refractivity contribution in [3.05, 3.63) is 0 Å². The zero-order chi connectivity index (χ0) is 42.2. The minimum Gasteiger partial charge on any atom is -0.468 e. The van der Waals surface area contributed by atoms with Crippen LogP contribution in [0.5, 0.6) is 0 Å². The van der Waals surface area contributed by atoms with E-state index in [9.17, 15) is 37.1 Å². The van der Waals surface area contributed by atoms with E-state index in [2.05, 4.69) is 4.74 Å². The molecular weight excluding hydrogens is 774 g/mol. The number of fused-ring (bicyclic) bond motifs is 10. The normalized spacial score (nSPS) is 40.5. The third-order valence-corrected chi connectivity index (χ3v) is 14.3. The number of ether oxygens (including phenoxy) is 7. The number of esters is 3. The third-order valence-electron chi connectivity index (χ3n) is 14.3. The van der Waals surface area contributed by atoms with Crippen molar-refractivity contribution >= 4 is 30.9 Å². The summed E-state index contributed by atoms with van der Waals surface area (Å²) in [7, 11) is 1.51. The van der Waals surface area contributed by atoms with Crippen molar-refractivity contribution in [1.82, 2.24) is 0 Å². The Hall–Kier alpha value is -3.15. The zero-order valence-corrected chi connectivity index (χ0v) is 32.9. The molecule has 2 aliphatic heterocycles. The smallest absolute Gasteiger partial charge is 0.405 e. The van der Waals surface area contributed by atoms with E-state index in [0.717, 1.165) is 14.2 Å². The van der Waals surface area contributed by atoms with Gasteiger partial charge in [0.05, 0.1) is 44.6 Å². The molecular formula is C39H52F6O12. The lowest BCUT2D eigenvalue weighted by atomic mass is 9.59. The molecule has 6 rings (SSSR count). The molecule has 0 aromatic heterocycles. The number of hydrogen-bond acceptors (Lipinski definition) is 12. The molecule has 0 amide bonds. The van der Waals surface area contributed by atoms with Crippen LogP contribution < -0.4 is 0 Å². The molecule has 4 saturated carbocycles. The minimum atomic E-state index is -5.43. The molecule has 12 nitrogen and oxygen atoms in total. The Kier molecular flexibility index (Phi) is 11.5. The standard InChI is InChI=1S/C39H52F6O12/c1-17-8-20-22-11-24(31(54-16-47)30(22)53-15-46)29(20)55-26(17)14-37(34(50)52-7,39(43,44)45)25-12-19-18-9-21(23(10-18)32(48)57-35(2,3)4)28(19)56-27(25)13-36(5,33(49)51-6)38(40,41)42/h15-31H,8-14H2,1-7H3. The van der Waals surface area contributed by atoms with Crippen molar-refractivity contribution in [2.24, 2.45) is 64.1 Å². The van der Waals surface area contributed by atoms with Gasteiger partial charge in [-0.1, -0.05) is 6.92 Å². The number of halogens is 6. The average Bonchev–Trinajstić information content (AvgIpc) is 3.88. The van der Waals surface area contributed by atoms with Gasteiger partial charge in [0.2, 0.25) is 0 Å². The van der Waals surface area contributed by atoms with Crippen molar-refractivity contribution in [1.29, 1.82) is 0 Å². The average molecular weight is 827 g/mol. The van der Waals surface area contributed by atoms with Crippen LogP contribution in [0.3, 0.4) is 0 Å². The van der Waals surface area contributed by atoms with Crippen LogP contribution >= 0.6 is 0 Å². The molecule has 0 N–H and O–H groups in total. The van der Waals surface area contributed by atoms with Crippen molar-refractivity contribution < 1.29 is 83.5 Å². The topological polar surface area (TPSA) is 150 Å². The lowest BCUT2D eigenvalue weighted by molar-refractivity contribution is -0.297. The second-order valence-corrected chi connectivity index (χ2v) is 18.3. The van der Waals surface area contributed by atoms with Crippen LogP contribution in [0.4, 0.5) is 26.3 Å². The van der Waals surface area contributed by atoms with Gasteiger partial charge in [0.1, 0.15) is 17.8 Å². The van der Waals surface area contributed by atoms with E-state index in [1.54, 1.807) is 27.7 Å². The van der Waals surface area contributed by atoms with E-state index >= 15 is 13.2 Å². The van der Waals surface area contributed by atoms with Gasteiger partial charge < -0.3 is 33.2 Å². The van der Waals surface area contributed by atoms with Gasteiger partial charge in [0, 0.05) is 17.8 Å². The summed E-state index contributed by atoms with van der Waals surface area (Å²) in [5.74, 6) is -10.2. The van der Waals surface area contributed by atoms with Crippen molar-refractivity contribution in [2.75, 3.05) is 14.2 Å². The molecule has 0 aromatic rings. The first-order valence-electron chi connectivity index (χ1n) is 19.5. The molecule has 6 fully saturated rings. The van der Waals surface area contributed by atoms with Crippen molar-refractivity contribution in [3.8, 4) is 0 Å². The highest BCUT2D eigenvalue weighted by Crippen LogP contribution is 2.65. The van der Waals surface area contributed by atoms with Gasteiger partial charge >= 0.3 is 30.3 Å². The van der Waals surface area contributed by atoms with Crippen LogP contribution in [0.25, 0.3) is 0 Å². The summed E-state index contributed by atoms with van der Waals surface area (Å²) < 4.78 is 132. The van der Waals surface area contributed by atoms with E-state index in [1.807, 2.05) is 0 Å². The van der Waals surface area contributed by atoms with Gasteiger partial charge in [-0.3, -0.25) is 24.0 Å². The highest BCUT2D eigenvalue weighted by atomic mass is 19.4. The fraction of sp³-hybridized carbons (Fsp3) is 0.872. The summed E-state index contributed by atoms with van der Waals surface area (Å²) in [5.41, 5.74) is -7.70. The first kappa shape index (κ1) is 43.4. The molecule has 18 heteroatoms. The molecule has 0 radical (unpaired) electrons. The zero-order valence-electron chi connectivity index (χ0n) is 32.9. The predicted molar refractivity (Wildman–Crippen MR) is 181 cm³/mol. The van der Waals surface area contributed by atoms with E-state index < -0.39 is 138 Å². The van der Waals surface area contributed by atoms with Crippen LogP contribution in [-0.4, -0.2) is 99.6 Å². The van der Waals surface area contributed by atoms with Gasteiger partial charge in [-0.15, -0.1) is 0 Å². The summed E-state index contributed by atoms with van der Waals surface area (Å²) in [6.45, 7) is 7.66. The lowest BCUT2D eigenvalue weighted by Crippen LogP contribution is -2.63. The molecule has 57 heavy (non-hydrogen) atoms. The van der Waals surface area contributed by atoms with Gasteiger partial charge in [0.15, 0.2) is 10.8 Å². The van der Waals surface area contributed by atoms with Crippen molar-refractivity contribution in [3.63, 3.8) is 0 Å². The first-order valence-corrected chi connectivity index (χ1v) is 19.5. The second-order valence-electron chi connectivity index (χ2n) is 18.3.